The van der Waals surface area contributed by atoms with Crippen molar-refractivity contribution in [2.45, 2.75) is 6.92 Å². The van der Waals surface area contributed by atoms with Gasteiger partial charge >= 0.3 is 0 Å². The van der Waals surface area contributed by atoms with Crippen molar-refractivity contribution in [1.82, 2.24) is 4.98 Å². The summed E-state index contributed by atoms with van der Waals surface area (Å²) in [6.07, 6.45) is 1.19. The average Bonchev–Trinajstić information content (AvgIpc) is 2.62. The number of aromatic hydroxyl groups is 1. The van der Waals surface area contributed by atoms with Gasteiger partial charge < -0.3 is 15.1 Å². The van der Waals surface area contributed by atoms with Gasteiger partial charge in [-0.05, 0) is 48.9 Å². The molecular weight excluding hydrogens is 320 g/mol. The van der Waals surface area contributed by atoms with Crippen LogP contribution in [0.25, 0.3) is 10.9 Å². The van der Waals surface area contributed by atoms with E-state index in [2.05, 4.69) is 20.4 Å². The third-order valence-electron chi connectivity index (χ3n) is 3.62. The second kappa shape index (κ2) is 6.96. The summed E-state index contributed by atoms with van der Waals surface area (Å²) in [7, 11) is 1.58. The van der Waals surface area contributed by atoms with Gasteiger partial charge in [0.1, 0.15) is 22.7 Å². The number of aromatic nitrogens is 1. The molecule has 0 unspecified atom stereocenters. The maximum Gasteiger partial charge on any atom is 0.146 e. The molecule has 0 aliphatic heterocycles. The van der Waals surface area contributed by atoms with Crippen LogP contribution in [-0.4, -0.2) is 28.6 Å². The molecule has 3 rings (SSSR count). The number of benzene rings is 2. The van der Waals surface area contributed by atoms with E-state index in [0.29, 0.717) is 33.7 Å². The SMILES string of the molecule is COc1ccc(C)cc1N=Nc1ccc(O)c2nc(/C=N/O)ccc12. The molecule has 126 valence electrons. The predicted octanol–water partition coefficient (Wildman–Crippen LogP) is 4.48. The minimum Gasteiger partial charge on any atom is -0.506 e. The van der Waals surface area contributed by atoms with E-state index in [1.54, 1.807) is 25.3 Å². The molecule has 0 radical (unpaired) electrons. The van der Waals surface area contributed by atoms with Crippen molar-refractivity contribution in [2.75, 3.05) is 7.11 Å². The van der Waals surface area contributed by atoms with Crippen molar-refractivity contribution in [3.05, 3.63) is 53.7 Å². The fourth-order valence-electron chi connectivity index (χ4n) is 2.41. The fourth-order valence-corrected chi connectivity index (χ4v) is 2.41. The Balaban J connectivity index is 2.08. The van der Waals surface area contributed by atoms with Gasteiger partial charge in [0.25, 0.3) is 0 Å². The Morgan fingerprint density at radius 1 is 1.04 bits per heavy atom. The number of hydrogen-bond donors (Lipinski definition) is 2. The predicted molar refractivity (Wildman–Crippen MR) is 94.7 cm³/mol. The van der Waals surface area contributed by atoms with Crippen LogP contribution in [-0.2, 0) is 0 Å². The number of ether oxygens (including phenoxy) is 1. The molecule has 1 heterocycles. The van der Waals surface area contributed by atoms with E-state index >= 15 is 0 Å². The van der Waals surface area contributed by atoms with Crippen LogP contribution in [0.1, 0.15) is 11.3 Å². The van der Waals surface area contributed by atoms with E-state index in [1.807, 2.05) is 25.1 Å². The van der Waals surface area contributed by atoms with Crippen molar-refractivity contribution in [3.63, 3.8) is 0 Å². The highest BCUT2D eigenvalue weighted by atomic mass is 16.5. The molecule has 0 spiro atoms. The lowest BCUT2D eigenvalue weighted by Crippen LogP contribution is -1.89. The first kappa shape index (κ1) is 16.4. The van der Waals surface area contributed by atoms with Gasteiger partial charge in [-0.1, -0.05) is 11.2 Å². The molecule has 0 fully saturated rings. The third-order valence-corrected chi connectivity index (χ3v) is 3.62. The Labute approximate surface area is 143 Å². The zero-order chi connectivity index (χ0) is 17.8. The van der Waals surface area contributed by atoms with E-state index < -0.39 is 0 Å². The van der Waals surface area contributed by atoms with Crippen LogP contribution in [0.5, 0.6) is 11.5 Å². The van der Waals surface area contributed by atoms with Crippen molar-refractivity contribution in [3.8, 4) is 11.5 Å². The Morgan fingerprint density at radius 3 is 2.60 bits per heavy atom. The molecule has 0 saturated carbocycles. The number of aryl methyl sites for hydroxylation is 1. The molecule has 2 N–H and O–H groups in total. The fraction of sp³-hybridized carbons (Fsp3) is 0.111. The first-order valence-corrected chi connectivity index (χ1v) is 7.49. The van der Waals surface area contributed by atoms with E-state index in [-0.39, 0.29) is 5.75 Å². The van der Waals surface area contributed by atoms with Gasteiger partial charge in [-0.3, -0.25) is 0 Å². The zero-order valence-corrected chi connectivity index (χ0v) is 13.7. The summed E-state index contributed by atoms with van der Waals surface area (Å²) >= 11 is 0. The molecule has 0 bridgehead atoms. The van der Waals surface area contributed by atoms with Gasteiger partial charge in [0.05, 0.1) is 24.7 Å². The first-order chi connectivity index (χ1) is 12.1. The normalized spacial score (nSPS) is 11.6. The standard InChI is InChI=1S/C18H16N4O3/c1-11-3-8-17(25-2)15(9-11)22-21-14-6-7-16(23)18-13(14)5-4-12(20-18)10-19-24/h3-10,23-24H,1-2H3/b19-10+,22-21?. The summed E-state index contributed by atoms with van der Waals surface area (Å²) in [5.41, 5.74) is 2.97. The number of oxime groups is 1. The number of nitrogens with zero attached hydrogens (tertiary/aromatic N) is 4. The quantitative estimate of drug-likeness (QED) is 0.317. The van der Waals surface area contributed by atoms with E-state index in [9.17, 15) is 5.11 Å². The molecule has 0 aliphatic carbocycles. The van der Waals surface area contributed by atoms with Crippen LogP contribution < -0.4 is 4.74 Å². The lowest BCUT2D eigenvalue weighted by Gasteiger charge is -2.06. The second-order valence-corrected chi connectivity index (χ2v) is 5.36. The van der Waals surface area contributed by atoms with Crippen LogP contribution in [0.4, 0.5) is 11.4 Å². The number of fused-ring (bicyclic) bond motifs is 1. The Kier molecular flexibility index (Phi) is 4.56. The van der Waals surface area contributed by atoms with Crippen LogP contribution >= 0.6 is 0 Å². The van der Waals surface area contributed by atoms with E-state index in [4.69, 9.17) is 9.94 Å². The summed E-state index contributed by atoms with van der Waals surface area (Å²) < 4.78 is 5.29. The van der Waals surface area contributed by atoms with Crippen molar-refractivity contribution in [1.29, 1.82) is 0 Å². The van der Waals surface area contributed by atoms with E-state index in [0.717, 1.165) is 5.56 Å². The van der Waals surface area contributed by atoms with Gasteiger partial charge in [0.2, 0.25) is 0 Å². The molecule has 0 atom stereocenters. The summed E-state index contributed by atoms with van der Waals surface area (Å²) in [5.74, 6) is 0.632. The maximum absolute atomic E-state index is 10.0. The van der Waals surface area contributed by atoms with Gasteiger partial charge in [-0.25, -0.2) is 4.98 Å². The smallest absolute Gasteiger partial charge is 0.146 e. The van der Waals surface area contributed by atoms with Gasteiger partial charge in [-0.2, -0.15) is 0 Å². The zero-order valence-electron chi connectivity index (χ0n) is 13.7. The lowest BCUT2D eigenvalue weighted by atomic mass is 10.1. The Bertz CT molecular complexity index is 983. The summed E-state index contributed by atoms with van der Waals surface area (Å²) in [6, 6.07) is 12.2. The van der Waals surface area contributed by atoms with Crippen LogP contribution in [0.15, 0.2) is 57.8 Å². The molecule has 3 aromatic rings. The summed E-state index contributed by atoms with van der Waals surface area (Å²) in [6.45, 7) is 1.96. The number of rotatable bonds is 4. The van der Waals surface area contributed by atoms with Crippen molar-refractivity contribution in [2.24, 2.45) is 15.4 Å². The molecule has 0 aliphatic rings. The van der Waals surface area contributed by atoms with Crippen molar-refractivity contribution < 1.29 is 15.1 Å². The molecule has 2 aromatic carbocycles. The van der Waals surface area contributed by atoms with Gasteiger partial charge in [0.15, 0.2) is 0 Å². The van der Waals surface area contributed by atoms with Crippen LogP contribution in [0.3, 0.4) is 0 Å². The Morgan fingerprint density at radius 2 is 1.84 bits per heavy atom. The van der Waals surface area contributed by atoms with Gasteiger partial charge in [-0.15, -0.1) is 10.2 Å². The second-order valence-electron chi connectivity index (χ2n) is 5.36. The summed E-state index contributed by atoms with van der Waals surface area (Å²) in [4.78, 5) is 4.24. The molecule has 0 amide bonds. The highest BCUT2D eigenvalue weighted by molar-refractivity contribution is 5.95. The monoisotopic (exact) mass is 336 g/mol. The molecule has 25 heavy (non-hydrogen) atoms. The van der Waals surface area contributed by atoms with E-state index in [1.165, 1.54) is 12.3 Å². The molecule has 7 heteroatoms. The van der Waals surface area contributed by atoms with Crippen LogP contribution in [0.2, 0.25) is 0 Å². The van der Waals surface area contributed by atoms with Gasteiger partial charge in [0, 0.05) is 5.39 Å². The average molecular weight is 336 g/mol. The number of hydrogen-bond acceptors (Lipinski definition) is 7. The number of pyridine rings is 1. The number of azo groups is 1. The number of phenols is 1. The maximum atomic E-state index is 10.0. The molecule has 1 aromatic heterocycles. The largest absolute Gasteiger partial charge is 0.506 e. The molecule has 0 saturated heterocycles. The minimum atomic E-state index is 0.00951. The topological polar surface area (TPSA) is 99.7 Å². The molecular formula is C18H16N4O3. The molecule has 7 nitrogen and oxygen atoms in total. The van der Waals surface area contributed by atoms with Crippen LogP contribution in [0, 0.1) is 6.92 Å². The van der Waals surface area contributed by atoms with Crippen molar-refractivity contribution >= 4 is 28.5 Å². The summed E-state index contributed by atoms with van der Waals surface area (Å²) in [5, 5.41) is 30.8. The highest BCUT2D eigenvalue weighted by Crippen LogP contribution is 2.34. The Hall–Kier alpha value is -3.48. The first-order valence-electron chi connectivity index (χ1n) is 7.49. The third kappa shape index (κ3) is 3.40. The number of phenolic OH excluding ortho intramolecular Hbond substituents is 1. The lowest BCUT2D eigenvalue weighted by molar-refractivity contribution is 0.321. The number of methoxy groups -OCH3 is 1. The highest BCUT2D eigenvalue weighted by Gasteiger charge is 2.08. The minimum absolute atomic E-state index is 0.00951.